The lowest BCUT2D eigenvalue weighted by Gasteiger charge is -2.35. The fourth-order valence-electron chi connectivity index (χ4n) is 3.95. The minimum atomic E-state index is -0.103. The number of ether oxygens (including phenoxy) is 1. The molecule has 3 rings (SSSR count). The molecule has 3 unspecified atom stereocenters. The second-order valence-electron chi connectivity index (χ2n) is 7.68. The number of likely N-dealkylation sites (tertiary alicyclic amines) is 1. The summed E-state index contributed by atoms with van der Waals surface area (Å²) in [7, 11) is 0. The Labute approximate surface area is 155 Å². The van der Waals surface area contributed by atoms with Crippen molar-refractivity contribution in [2.24, 2.45) is 11.8 Å². The highest BCUT2D eigenvalue weighted by molar-refractivity contribution is 6.03. The number of piperidine rings is 1. The first-order valence-corrected chi connectivity index (χ1v) is 9.52. The Morgan fingerprint density at radius 1 is 1.23 bits per heavy atom. The van der Waals surface area contributed by atoms with Crippen molar-refractivity contribution in [2.45, 2.75) is 32.7 Å². The van der Waals surface area contributed by atoms with E-state index in [4.69, 9.17) is 4.74 Å². The highest BCUT2D eigenvalue weighted by atomic mass is 16.5. The average molecular weight is 359 g/mol. The number of carbonyl (C=O) groups excluding carboxylic acids is 2. The van der Waals surface area contributed by atoms with Gasteiger partial charge in [-0.1, -0.05) is 26.0 Å². The lowest BCUT2D eigenvalue weighted by Crippen LogP contribution is -2.43. The molecule has 2 fully saturated rings. The van der Waals surface area contributed by atoms with Crippen LogP contribution in [0.25, 0.3) is 0 Å². The zero-order valence-electron chi connectivity index (χ0n) is 15.7. The van der Waals surface area contributed by atoms with Crippen LogP contribution in [0.3, 0.4) is 0 Å². The van der Waals surface area contributed by atoms with Crippen LogP contribution in [0.4, 0.5) is 5.69 Å². The zero-order valence-corrected chi connectivity index (χ0v) is 15.7. The molecule has 1 aromatic rings. The molecule has 2 N–H and O–H groups in total. The number of nitrogens with zero attached hydrogens (tertiary/aromatic N) is 1. The van der Waals surface area contributed by atoms with Crippen LogP contribution in [-0.4, -0.2) is 55.6 Å². The maximum absolute atomic E-state index is 13.0. The summed E-state index contributed by atoms with van der Waals surface area (Å²) in [6.07, 6.45) is 1.49. The highest BCUT2D eigenvalue weighted by Crippen LogP contribution is 2.25. The minimum Gasteiger partial charge on any atom is -0.378 e. The van der Waals surface area contributed by atoms with E-state index in [1.807, 2.05) is 17.0 Å². The number of hydrogen-bond acceptors (Lipinski definition) is 4. The third-order valence-electron chi connectivity index (χ3n) is 5.02. The normalized spacial score (nSPS) is 26.4. The van der Waals surface area contributed by atoms with Gasteiger partial charge in [-0.15, -0.1) is 0 Å². The maximum Gasteiger partial charge on any atom is 0.255 e. The van der Waals surface area contributed by atoms with E-state index in [1.54, 1.807) is 12.1 Å². The summed E-state index contributed by atoms with van der Waals surface area (Å²) in [5.74, 6) is 0.899. The molecule has 0 radical (unpaired) electrons. The van der Waals surface area contributed by atoms with Crippen molar-refractivity contribution in [2.75, 3.05) is 38.2 Å². The van der Waals surface area contributed by atoms with Gasteiger partial charge in [-0.3, -0.25) is 9.59 Å². The Morgan fingerprint density at radius 3 is 2.65 bits per heavy atom. The molecular formula is C20H29N3O3. The van der Waals surface area contributed by atoms with Gasteiger partial charge in [0.05, 0.1) is 24.5 Å². The van der Waals surface area contributed by atoms with Gasteiger partial charge in [-0.05, 0) is 30.4 Å². The SMILES string of the molecule is CC1CC(C)CN(C(=O)c2ccccc2NC(=O)CC2COCCN2)C1. The van der Waals surface area contributed by atoms with Crippen molar-refractivity contribution in [3.8, 4) is 0 Å². The first-order chi connectivity index (χ1) is 12.5. The topological polar surface area (TPSA) is 70.7 Å². The molecule has 2 heterocycles. The maximum atomic E-state index is 13.0. The van der Waals surface area contributed by atoms with E-state index in [0.29, 0.717) is 42.7 Å². The second kappa shape index (κ2) is 8.64. The van der Waals surface area contributed by atoms with Gasteiger partial charge in [0.2, 0.25) is 5.91 Å². The van der Waals surface area contributed by atoms with E-state index in [1.165, 1.54) is 0 Å². The molecular weight excluding hydrogens is 330 g/mol. The molecule has 2 saturated heterocycles. The fourth-order valence-corrected chi connectivity index (χ4v) is 3.95. The van der Waals surface area contributed by atoms with E-state index < -0.39 is 0 Å². The number of amides is 2. The number of para-hydroxylation sites is 1. The van der Waals surface area contributed by atoms with Gasteiger partial charge in [0.1, 0.15) is 0 Å². The van der Waals surface area contributed by atoms with Crippen LogP contribution >= 0.6 is 0 Å². The molecule has 0 aliphatic carbocycles. The number of anilines is 1. The smallest absolute Gasteiger partial charge is 0.255 e. The molecule has 26 heavy (non-hydrogen) atoms. The van der Waals surface area contributed by atoms with Crippen molar-refractivity contribution in [1.82, 2.24) is 10.2 Å². The predicted octanol–water partition coefficient (Wildman–Crippen LogP) is 2.12. The minimum absolute atomic E-state index is 0.00146. The quantitative estimate of drug-likeness (QED) is 0.864. The van der Waals surface area contributed by atoms with Crippen molar-refractivity contribution < 1.29 is 14.3 Å². The molecule has 142 valence electrons. The van der Waals surface area contributed by atoms with Crippen LogP contribution in [-0.2, 0) is 9.53 Å². The van der Waals surface area contributed by atoms with Crippen LogP contribution in [0.15, 0.2) is 24.3 Å². The highest BCUT2D eigenvalue weighted by Gasteiger charge is 2.27. The van der Waals surface area contributed by atoms with Gasteiger partial charge in [0, 0.05) is 32.1 Å². The number of morpholine rings is 1. The van der Waals surface area contributed by atoms with Gasteiger partial charge in [0.15, 0.2) is 0 Å². The molecule has 0 spiro atoms. The summed E-state index contributed by atoms with van der Waals surface area (Å²) < 4.78 is 5.39. The summed E-state index contributed by atoms with van der Waals surface area (Å²) in [5.41, 5.74) is 1.15. The Hall–Kier alpha value is -1.92. The van der Waals surface area contributed by atoms with Crippen molar-refractivity contribution >= 4 is 17.5 Å². The fraction of sp³-hybridized carbons (Fsp3) is 0.600. The number of hydrogen-bond donors (Lipinski definition) is 2. The Balaban J connectivity index is 1.67. The molecule has 2 amide bonds. The van der Waals surface area contributed by atoms with Crippen molar-refractivity contribution in [3.05, 3.63) is 29.8 Å². The number of rotatable bonds is 4. The molecule has 0 saturated carbocycles. The summed E-state index contributed by atoms with van der Waals surface area (Å²) >= 11 is 0. The number of benzene rings is 1. The van der Waals surface area contributed by atoms with Gasteiger partial charge in [-0.2, -0.15) is 0 Å². The standard InChI is InChI=1S/C20H29N3O3/c1-14-9-15(2)12-23(11-14)20(25)17-5-3-4-6-18(17)22-19(24)10-16-13-26-8-7-21-16/h3-6,14-16,21H,7-13H2,1-2H3,(H,22,24). The second-order valence-corrected chi connectivity index (χ2v) is 7.68. The van der Waals surface area contributed by atoms with E-state index in [-0.39, 0.29) is 17.9 Å². The van der Waals surface area contributed by atoms with Crippen LogP contribution in [0.2, 0.25) is 0 Å². The van der Waals surface area contributed by atoms with Crippen LogP contribution < -0.4 is 10.6 Å². The van der Waals surface area contributed by atoms with Crippen molar-refractivity contribution in [1.29, 1.82) is 0 Å². The number of nitrogens with one attached hydrogen (secondary N) is 2. The van der Waals surface area contributed by atoms with Gasteiger partial charge >= 0.3 is 0 Å². The lowest BCUT2D eigenvalue weighted by atomic mass is 9.91. The third-order valence-corrected chi connectivity index (χ3v) is 5.02. The summed E-state index contributed by atoms with van der Waals surface area (Å²) in [6.45, 7) is 7.90. The van der Waals surface area contributed by atoms with Crippen LogP contribution in [0.1, 0.15) is 37.0 Å². The van der Waals surface area contributed by atoms with E-state index >= 15 is 0 Å². The van der Waals surface area contributed by atoms with Crippen LogP contribution in [0.5, 0.6) is 0 Å². The molecule has 6 heteroatoms. The van der Waals surface area contributed by atoms with E-state index in [9.17, 15) is 9.59 Å². The first-order valence-electron chi connectivity index (χ1n) is 9.52. The largest absolute Gasteiger partial charge is 0.378 e. The summed E-state index contributed by atoms with van der Waals surface area (Å²) in [4.78, 5) is 27.3. The molecule has 3 atom stereocenters. The van der Waals surface area contributed by atoms with E-state index in [0.717, 1.165) is 26.1 Å². The molecule has 1 aromatic carbocycles. The van der Waals surface area contributed by atoms with Crippen LogP contribution in [0, 0.1) is 11.8 Å². The molecule has 6 nitrogen and oxygen atoms in total. The Kier molecular flexibility index (Phi) is 6.27. The molecule has 0 bridgehead atoms. The summed E-state index contributed by atoms with van der Waals surface area (Å²) in [5, 5.41) is 6.19. The zero-order chi connectivity index (χ0) is 18.5. The van der Waals surface area contributed by atoms with E-state index in [2.05, 4.69) is 24.5 Å². The predicted molar refractivity (Wildman–Crippen MR) is 101 cm³/mol. The average Bonchev–Trinajstić information content (AvgIpc) is 2.61. The molecule has 2 aliphatic rings. The number of carbonyl (C=O) groups is 2. The molecule has 0 aromatic heterocycles. The van der Waals surface area contributed by atoms with Gasteiger partial charge < -0.3 is 20.3 Å². The van der Waals surface area contributed by atoms with Gasteiger partial charge in [-0.25, -0.2) is 0 Å². The first kappa shape index (κ1) is 18.9. The Morgan fingerprint density at radius 2 is 1.96 bits per heavy atom. The molecule has 2 aliphatic heterocycles. The monoisotopic (exact) mass is 359 g/mol. The van der Waals surface area contributed by atoms with Gasteiger partial charge in [0.25, 0.3) is 5.91 Å². The summed E-state index contributed by atoms with van der Waals surface area (Å²) in [6, 6.07) is 7.30. The third kappa shape index (κ3) is 4.83. The lowest BCUT2D eigenvalue weighted by molar-refractivity contribution is -0.117. The van der Waals surface area contributed by atoms with Crippen molar-refractivity contribution in [3.63, 3.8) is 0 Å². The Bertz CT molecular complexity index is 633.